The standard InChI is InChI=1S/C22H41NO3S/c1-4-5-12-20(24)13-10-8-6-7-9-11-19-14-15-21(18(2)23-19)26-22(25)16-17-27-3/h16-21,23-24H,4-15H2,1-3H3. The van der Waals surface area contributed by atoms with Gasteiger partial charge in [-0.3, -0.25) is 0 Å². The molecular weight excluding hydrogens is 358 g/mol. The zero-order valence-electron chi connectivity index (χ0n) is 17.6. The summed E-state index contributed by atoms with van der Waals surface area (Å²) >= 11 is 1.50. The van der Waals surface area contributed by atoms with E-state index in [4.69, 9.17) is 4.74 Å². The van der Waals surface area contributed by atoms with E-state index in [0.29, 0.717) is 6.04 Å². The third-order valence-electron chi connectivity index (χ3n) is 5.44. The highest BCUT2D eigenvalue weighted by atomic mass is 32.2. The van der Waals surface area contributed by atoms with Crippen molar-refractivity contribution in [3.05, 3.63) is 11.5 Å². The van der Waals surface area contributed by atoms with Crippen molar-refractivity contribution in [3.8, 4) is 0 Å². The van der Waals surface area contributed by atoms with E-state index in [1.807, 2.05) is 6.26 Å². The molecule has 27 heavy (non-hydrogen) atoms. The van der Waals surface area contributed by atoms with Crippen LogP contribution >= 0.6 is 11.8 Å². The summed E-state index contributed by atoms with van der Waals surface area (Å²) in [5.74, 6) is -0.235. The van der Waals surface area contributed by atoms with Gasteiger partial charge in [-0.15, -0.1) is 11.8 Å². The number of unbranched alkanes of at least 4 members (excludes halogenated alkanes) is 5. The summed E-state index contributed by atoms with van der Waals surface area (Å²) in [5, 5.41) is 15.2. The van der Waals surface area contributed by atoms with Crippen LogP contribution in [0.2, 0.25) is 0 Å². The fraction of sp³-hybridized carbons (Fsp3) is 0.864. The SMILES string of the molecule is CCCCC(O)CCCCCCCC1CCC(OC(=O)C=CSC)C(C)N1. The minimum Gasteiger partial charge on any atom is -0.458 e. The molecule has 4 nitrogen and oxygen atoms in total. The molecule has 0 radical (unpaired) electrons. The zero-order chi connectivity index (χ0) is 19.9. The van der Waals surface area contributed by atoms with E-state index in [0.717, 1.165) is 38.5 Å². The minimum atomic E-state index is -0.235. The van der Waals surface area contributed by atoms with Gasteiger partial charge in [0.05, 0.1) is 6.10 Å². The lowest BCUT2D eigenvalue weighted by molar-refractivity contribution is -0.145. The maximum atomic E-state index is 11.7. The smallest absolute Gasteiger partial charge is 0.331 e. The van der Waals surface area contributed by atoms with Gasteiger partial charge in [-0.1, -0.05) is 51.9 Å². The third-order valence-corrected chi connectivity index (χ3v) is 5.85. The van der Waals surface area contributed by atoms with Gasteiger partial charge in [0.1, 0.15) is 6.10 Å². The van der Waals surface area contributed by atoms with Gasteiger partial charge in [-0.25, -0.2) is 4.79 Å². The number of piperidine rings is 1. The van der Waals surface area contributed by atoms with Gasteiger partial charge in [0.25, 0.3) is 0 Å². The molecule has 1 aliphatic heterocycles. The van der Waals surface area contributed by atoms with E-state index in [1.54, 1.807) is 5.41 Å². The molecule has 1 heterocycles. The highest BCUT2D eigenvalue weighted by Crippen LogP contribution is 2.21. The molecule has 2 N–H and O–H groups in total. The molecule has 0 aromatic heterocycles. The number of rotatable bonds is 14. The molecule has 0 aliphatic carbocycles. The molecule has 4 atom stereocenters. The lowest BCUT2D eigenvalue weighted by Gasteiger charge is -2.35. The van der Waals surface area contributed by atoms with Crippen molar-refractivity contribution >= 4 is 17.7 Å². The zero-order valence-corrected chi connectivity index (χ0v) is 18.4. The Balaban J connectivity index is 2.05. The topological polar surface area (TPSA) is 58.6 Å². The van der Waals surface area contributed by atoms with Crippen molar-refractivity contribution in [3.63, 3.8) is 0 Å². The normalized spacial score (nSPS) is 24.2. The Morgan fingerprint density at radius 1 is 1.19 bits per heavy atom. The van der Waals surface area contributed by atoms with Gasteiger partial charge in [0, 0.05) is 18.2 Å². The van der Waals surface area contributed by atoms with Gasteiger partial charge in [0.15, 0.2) is 0 Å². The van der Waals surface area contributed by atoms with Crippen LogP contribution in [0.5, 0.6) is 0 Å². The Morgan fingerprint density at radius 2 is 1.89 bits per heavy atom. The number of hydrogen-bond acceptors (Lipinski definition) is 5. The summed E-state index contributed by atoms with van der Waals surface area (Å²) in [6, 6.07) is 0.771. The Kier molecular flexibility index (Phi) is 14.0. The monoisotopic (exact) mass is 399 g/mol. The Bertz CT molecular complexity index is 416. The fourth-order valence-electron chi connectivity index (χ4n) is 3.76. The molecule has 0 bridgehead atoms. The maximum Gasteiger partial charge on any atom is 0.331 e. The fourth-order valence-corrected chi connectivity index (χ4v) is 4.01. The Hall–Kier alpha value is -0.520. The summed E-state index contributed by atoms with van der Waals surface area (Å²) in [6.07, 6.45) is 17.0. The number of carbonyl (C=O) groups is 1. The van der Waals surface area contributed by atoms with E-state index in [1.165, 1.54) is 56.4 Å². The van der Waals surface area contributed by atoms with E-state index >= 15 is 0 Å². The molecule has 1 aliphatic rings. The molecule has 0 aromatic carbocycles. The number of nitrogens with one attached hydrogen (secondary N) is 1. The average molecular weight is 400 g/mol. The van der Waals surface area contributed by atoms with E-state index < -0.39 is 0 Å². The van der Waals surface area contributed by atoms with Crippen LogP contribution in [0.15, 0.2) is 11.5 Å². The number of thioether (sulfide) groups is 1. The van der Waals surface area contributed by atoms with Crippen LogP contribution in [0.3, 0.4) is 0 Å². The first-order valence-corrected chi connectivity index (χ1v) is 12.2. The van der Waals surface area contributed by atoms with Gasteiger partial charge in [0.2, 0.25) is 0 Å². The van der Waals surface area contributed by atoms with Crippen molar-refractivity contribution in [1.82, 2.24) is 5.32 Å². The molecule has 1 rings (SSSR count). The summed E-state index contributed by atoms with van der Waals surface area (Å²) in [6.45, 7) is 4.29. The van der Waals surface area contributed by atoms with Crippen molar-refractivity contribution in [2.24, 2.45) is 0 Å². The quantitative estimate of drug-likeness (QED) is 0.239. The lowest BCUT2D eigenvalue weighted by atomic mass is 9.93. The van der Waals surface area contributed by atoms with E-state index in [9.17, 15) is 9.90 Å². The average Bonchev–Trinajstić information content (AvgIpc) is 2.66. The number of ether oxygens (including phenoxy) is 1. The molecule has 0 spiro atoms. The number of aliphatic hydroxyl groups excluding tert-OH is 1. The molecule has 0 aromatic rings. The van der Waals surface area contributed by atoms with Crippen molar-refractivity contribution in [2.75, 3.05) is 6.26 Å². The van der Waals surface area contributed by atoms with Crippen LogP contribution in [0.25, 0.3) is 0 Å². The van der Waals surface area contributed by atoms with Crippen molar-refractivity contribution in [1.29, 1.82) is 0 Å². The third kappa shape index (κ3) is 11.8. The van der Waals surface area contributed by atoms with Gasteiger partial charge < -0.3 is 15.2 Å². The van der Waals surface area contributed by atoms with E-state index in [-0.39, 0.29) is 24.2 Å². The molecular formula is C22H41NO3S. The summed E-state index contributed by atoms with van der Waals surface area (Å²) in [7, 11) is 0. The van der Waals surface area contributed by atoms with E-state index in [2.05, 4.69) is 19.2 Å². The van der Waals surface area contributed by atoms with Crippen molar-refractivity contribution in [2.45, 2.75) is 115 Å². The van der Waals surface area contributed by atoms with Crippen LogP contribution in [-0.4, -0.2) is 41.6 Å². The maximum absolute atomic E-state index is 11.7. The Labute approximate surface area is 170 Å². The molecule has 0 amide bonds. The summed E-state index contributed by atoms with van der Waals surface area (Å²) < 4.78 is 5.55. The number of esters is 1. The lowest BCUT2D eigenvalue weighted by Crippen LogP contribution is -2.50. The van der Waals surface area contributed by atoms with Crippen LogP contribution < -0.4 is 5.32 Å². The van der Waals surface area contributed by atoms with Gasteiger partial charge >= 0.3 is 5.97 Å². The van der Waals surface area contributed by atoms with Crippen LogP contribution in [-0.2, 0) is 9.53 Å². The largest absolute Gasteiger partial charge is 0.458 e. The molecule has 1 fully saturated rings. The van der Waals surface area contributed by atoms with Gasteiger partial charge in [-0.2, -0.15) is 0 Å². The number of carbonyl (C=O) groups excluding carboxylic acids is 1. The van der Waals surface area contributed by atoms with Crippen LogP contribution in [0.4, 0.5) is 0 Å². The molecule has 5 heteroatoms. The minimum absolute atomic E-state index is 0.0145. The summed E-state index contributed by atoms with van der Waals surface area (Å²) in [5.41, 5.74) is 0. The van der Waals surface area contributed by atoms with Crippen LogP contribution in [0, 0.1) is 0 Å². The predicted molar refractivity (Wildman–Crippen MR) is 116 cm³/mol. The summed E-state index contributed by atoms with van der Waals surface area (Å²) in [4.78, 5) is 11.7. The predicted octanol–water partition coefficient (Wildman–Crippen LogP) is 5.20. The first-order chi connectivity index (χ1) is 13.1. The Morgan fingerprint density at radius 3 is 2.59 bits per heavy atom. The van der Waals surface area contributed by atoms with Gasteiger partial charge in [-0.05, 0) is 50.7 Å². The number of aliphatic hydroxyl groups is 1. The van der Waals surface area contributed by atoms with Crippen molar-refractivity contribution < 1.29 is 14.6 Å². The second-order valence-electron chi connectivity index (χ2n) is 7.88. The molecule has 4 unspecified atom stereocenters. The molecule has 1 saturated heterocycles. The number of hydrogen-bond donors (Lipinski definition) is 2. The highest BCUT2D eigenvalue weighted by molar-refractivity contribution is 8.01. The second kappa shape index (κ2) is 15.4. The molecule has 0 saturated carbocycles. The molecule has 158 valence electrons. The first kappa shape index (κ1) is 24.5. The second-order valence-corrected chi connectivity index (χ2v) is 8.63. The highest BCUT2D eigenvalue weighted by Gasteiger charge is 2.28. The van der Waals surface area contributed by atoms with Crippen LogP contribution in [0.1, 0.15) is 90.9 Å². The first-order valence-electron chi connectivity index (χ1n) is 10.9.